The van der Waals surface area contributed by atoms with Crippen LogP contribution in [0.4, 0.5) is 5.69 Å². The molecule has 2 aliphatic rings. The first-order valence-corrected chi connectivity index (χ1v) is 7.65. The monoisotopic (exact) mass is 283 g/mol. The van der Waals surface area contributed by atoms with Gasteiger partial charge >= 0.3 is 0 Å². The first-order valence-electron chi connectivity index (χ1n) is 7.65. The van der Waals surface area contributed by atoms with Crippen LogP contribution in [0.5, 0.6) is 0 Å². The fraction of sp³-hybridized carbons (Fsp3) is 0.444. The smallest absolute Gasteiger partial charge is 0.235 e. The highest BCUT2D eigenvalue weighted by molar-refractivity contribution is 6.06. The molecule has 0 saturated carbocycles. The van der Waals surface area contributed by atoms with Crippen LogP contribution in [0.3, 0.4) is 0 Å². The molecule has 110 valence electrons. The summed E-state index contributed by atoms with van der Waals surface area (Å²) in [7, 11) is 0. The van der Waals surface area contributed by atoms with Gasteiger partial charge in [0.15, 0.2) is 5.78 Å². The number of fused-ring (bicyclic) bond motifs is 1. The van der Waals surface area contributed by atoms with E-state index in [9.17, 15) is 9.59 Å². The summed E-state index contributed by atoms with van der Waals surface area (Å²) in [6.45, 7) is 4.13. The molecule has 3 nitrogen and oxygen atoms in total. The fourth-order valence-electron chi connectivity index (χ4n) is 3.53. The van der Waals surface area contributed by atoms with Crippen molar-refractivity contribution >= 4 is 17.4 Å². The van der Waals surface area contributed by atoms with Crippen LogP contribution < -0.4 is 5.32 Å². The van der Waals surface area contributed by atoms with Gasteiger partial charge in [-0.05, 0) is 49.8 Å². The maximum absolute atomic E-state index is 12.5. The Morgan fingerprint density at radius 2 is 2.00 bits per heavy atom. The highest BCUT2D eigenvalue weighted by Gasteiger charge is 2.46. The maximum Gasteiger partial charge on any atom is 0.235 e. The van der Waals surface area contributed by atoms with Crippen molar-refractivity contribution in [2.24, 2.45) is 5.92 Å². The van der Waals surface area contributed by atoms with Gasteiger partial charge in [-0.25, -0.2) is 0 Å². The first kappa shape index (κ1) is 14.1. The van der Waals surface area contributed by atoms with E-state index in [0.717, 1.165) is 30.5 Å². The van der Waals surface area contributed by atoms with Gasteiger partial charge in [0.05, 0.1) is 5.41 Å². The van der Waals surface area contributed by atoms with Crippen LogP contribution in [-0.4, -0.2) is 11.7 Å². The minimum atomic E-state index is -0.516. The number of carbonyl (C=O) groups is 2. The Bertz CT molecular complexity index is 632. The zero-order valence-corrected chi connectivity index (χ0v) is 12.6. The minimum absolute atomic E-state index is 0.0685. The van der Waals surface area contributed by atoms with Crippen LogP contribution in [0.25, 0.3) is 0 Å². The standard InChI is InChI=1S/C18H21NO2/c1-12(10-13-6-5-7-14(20)11-13)18(2)15-8-3-4-9-16(15)19-17(18)21/h3-4,8-9,11-12H,5-7,10H2,1-2H3,(H,19,21)/t12-,18+/m1/s1. The summed E-state index contributed by atoms with van der Waals surface area (Å²) in [5, 5.41) is 2.99. The third-order valence-corrected chi connectivity index (χ3v) is 5.05. The summed E-state index contributed by atoms with van der Waals surface area (Å²) < 4.78 is 0. The Kier molecular flexibility index (Phi) is 3.44. The number of carbonyl (C=O) groups excluding carboxylic acids is 2. The van der Waals surface area contributed by atoms with Crippen molar-refractivity contribution < 1.29 is 9.59 Å². The number of para-hydroxylation sites is 1. The highest BCUT2D eigenvalue weighted by Crippen LogP contribution is 2.45. The van der Waals surface area contributed by atoms with E-state index in [2.05, 4.69) is 12.2 Å². The number of allylic oxidation sites excluding steroid dienone is 2. The second-order valence-corrected chi connectivity index (χ2v) is 6.43. The van der Waals surface area contributed by atoms with E-state index in [1.165, 1.54) is 5.57 Å². The number of amides is 1. The second-order valence-electron chi connectivity index (χ2n) is 6.43. The molecular formula is C18H21NO2. The van der Waals surface area contributed by atoms with Gasteiger partial charge in [-0.3, -0.25) is 9.59 Å². The molecule has 2 atom stereocenters. The molecule has 1 aliphatic heterocycles. The average molecular weight is 283 g/mol. The third-order valence-electron chi connectivity index (χ3n) is 5.05. The van der Waals surface area contributed by atoms with E-state index < -0.39 is 5.41 Å². The summed E-state index contributed by atoms with van der Waals surface area (Å²) in [6.07, 6.45) is 5.19. The number of rotatable bonds is 3. The number of hydrogen-bond donors (Lipinski definition) is 1. The van der Waals surface area contributed by atoms with Crippen molar-refractivity contribution in [3.8, 4) is 0 Å². The number of nitrogens with one attached hydrogen (secondary N) is 1. The second kappa shape index (κ2) is 5.14. The molecular weight excluding hydrogens is 262 g/mol. The van der Waals surface area contributed by atoms with Crippen molar-refractivity contribution in [3.63, 3.8) is 0 Å². The average Bonchev–Trinajstić information content (AvgIpc) is 2.72. The van der Waals surface area contributed by atoms with E-state index in [1.807, 2.05) is 31.2 Å². The summed E-state index contributed by atoms with van der Waals surface area (Å²) in [4.78, 5) is 24.1. The Morgan fingerprint density at radius 3 is 2.76 bits per heavy atom. The molecule has 0 unspecified atom stereocenters. The Labute approximate surface area is 125 Å². The summed E-state index contributed by atoms with van der Waals surface area (Å²) in [5.41, 5.74) is 2.67. The van der Waals surface area contributed by atoms with Gasteiger partial charge in [-0.2, -0.15) is 0 Å². The lowest BCUT2D eigenvalue weighted by Crippen LogP contribution is -2.38. The van der Waals surface area contributed by atoms with E-state index >= 15 is 0 Å². The van der Waals surface area contributed by atoms with E-state index in [0.29, 0.717) is 6.42 Å². The molecule has 3 heteroatoms. The number of anilines is 1. The van der Waals surface area contributed by atoms with Crippen LogP contribution in [-0.2, 0) is 15.0 Å². The van der Waals surface area contributed by atoms with Crippen LogP contribution >= 0.6 is 0 Å². The normalized spacial score (nSPS) is 26.1. The molecule has 1 aromatic rings. The fourth-order valence-corrected chi connectivity index (χ4v) is 3.53. The lowest BCUT2D eigenvalue weighted by atomic mass is 9.70. The predicted octanol–water partition coefficient (Wildman–Crippen LogP) is 3.60. The predicted molar refractivity (Wildman–Crippen MR) is 83.1 cm³/mol. The van der Waals surface area contributed by atoms with Gasteiger partial charge < -0.3 is 5.32 Å². The largest absolute Gasteiger partial charge is 0.325 e. The topological polar surface area (TPSA) is 46.2 Å². The quantitative estimate of drug-likeness (QED) is 0.921. The molecule has 0 fully saturated rings. The van der Waals surface area contributed by atoms with E-state index in [-0.39, 0.29) is 17.6 Å². The Balaban J connectivity index is 1.88. The van der Waals surface area contributed by atoms with Crippen LogP contribution in [0.2, 0.25) is 0 Å². The third kappa shape index (κ3) is 2.31. The maximum atomic E-state index is 12.5. The number of benzene rings is 1. The van der Waals surface area contributed by atoms with Gasteiger partial charge in [0, 0.05) is 12.1 Å². The van der Waals surface area contributed by atoms with Gasteiger partial charge in [-0.1, -0.05) is 30.7 Å². The van der Waals surface area contributed by atoms with Crippen LogP contribution in [0, 0.1) is 5.92 Å². The lowest BCUT2D eigenvalue weighted by Gasteiger charge is -2.31. The molecule has 3 rings (SSSR count). The van der Waals surface area contributed by atoms with E-state index in [4.69, 9.17) is 0 Å². The summed E-state index contributed by atoms with van der Waals surface area (Å²) >= 11 is 0. The van der Waals surface area contributed by atoms with Crippen molar-refractivity contribution in [2.75, 3.05) is 5.32 Å². The van der Waals surface area contributed by atoms with Crippen molar-refractivity contribution in [2.45, 2.75) is 44.9 Å². The van der Waals surface area contributed by atoms with Crippen LogP contribution in [0.1, 0.15) is 45.1 Å². The minimum Gasteiger partial charge on any atom is -0.325 e. The molecule has 0 aromatic heterocycles. The van der Waals surface area contributed by atoms with Gasteiger partial charge in [0.2, 0.25) is 5.91 Å². The molecule has 0 bridgehead atoms. The van der Waals surface area contributed by atoms with Crippen molar-refractivity contribution in [1.29, 1.82) is 0 Å². The first-order chi connectivity index (χ1) is 10.0. The lowest BCUT2D eigenvalue weighted by molar-refractivity contribution is -0.121. The summed E-state index contributed by atoms with van der Waals surface area (Å²) in [6, 6.07) is 7.91. The zero-order valence-electron chi connectivity index (χ0n) is 12.6. The number of hydrogen-bond acceptors (Lipinski definition) is 2. The highest BCUT2D eigenvalue weighted by atomic mass is 16.2. The molecule has 1 aromatic carbocycles. The SMILES string of the molecule is C[C@H](CC1=CC(=O)CCC1)[C@]1(C)C(=O)Nc2ccccc21. The van der Waals surface area contributed by atoms with Crippen LogP contribution in [0.15, 0.2) is 35.9 Å². The van der Waals surface area contributed by atoms with Gasteiger partial charge in [0.1, 0.15) is 0 Å². The molecule has 1 amide bonds. The Morgan fingerprint density at radius 1 is 1.24 bits per heavy atom. The number of ketones is 1. The molecule has 1 heterocycles. The van der Waals surface area contributed by atoms with Gasteiger partial charge in [0.25, 0.3) is 0 Å². The van der Waals surface area contributed by atoms with Crippen molar-refractivity contribution in [1.82, 2.24) is 0 Å². The summed E-state index contributed by atoms with van der Waals surface area (Å²) in [5.74, 6) is 0.460. The Hall–Kier alpha value is -1.90. The zero-order chi connectivity index (χ0) is 15.0. The van der Waals surface area contributed by atoms with Gasteiger partial charge in [-0.15, -0.1) is 0 Å². The molecule has 1 N–H and O–H groups in total. The van der Waals surface area contributed by atoms with Crippen molar-refractivity contribution in [3.05, 3.63) is 41.5 Å². The molecule has 21 heavy (non-hydrogen) atoms. The molecule has 0 radical (unpaired) electrons. The van der Waals surface area contributed by atoms with E-state index in [1.54, 1.807) is 6.08 Å². The molecule has 0 saturated heterocycles. The molecule has 0 spiro atoms. The molecule has 1 aliphatic carbocycles.